The molecule has 1 saturated heterocycles. The van der Waals surface area contributed by atoms with E-state index in [0.717, 1.165) is 36.8 Å². The number of hydrogen-bond donors (Lipinski definition) is 1. The first kappa shape index (κ1) is 14.2. The highest BCUT2D eigenvalue weighted by Gasteiger charge is 2.33. The van der Waals surface area contributed by atoms with E-state index >= 15 is 0 Å². The number of alkyl halides is 1. The van der Waals surface area contributed by atoms with Crippen LogP contribution in [0.4, 0.5) is 0 Å². The molecule has 1 aliphatic heterocycles. The normalized spacial score (nSPS) is 18.4. The van der Waals surface area contributed by atoms with Crippen LogP contribution in [0.3, 0.4) is 0 Å². The molecule has 0 radical (unpaired) electrons. The lowest BCUT2D eigenvalue weighted by molar-refractivity contribution is -0.162. The lowest BCUT2D eigenvalue weighted by atomic mass is 9.83. The molecule has 0 spiro atoms. The van der Waals surface area contributed by atoms with Crippen molar-refractivity contribution >= 4 is 28.6 Å². The highest BCUT2D eigenvalue weighted by Crippen LogP contribution is 2.29. The van der Waals surface area contributed by atoms with E-state index in [2.05, 4.69) is 27.9 Å². The Hall–Kier alpha value is 0.160. The summed E-state index contributed by atoms with van der Waals surface area (Å²) in [5.41, 5.74) is -0.301. The molecule has 0 aromatic heterocycles. The van der Waals surface area contributed by atoms with Gasteiger partial charge in [-0.25, -0.2) is 0 Å². The van der Waals surface area contributed by atoms with Crippen molar-refractivity contribution in [3.8, 4) is 0 Å². The van der Waals surface area contributed by atoms with E-state index in [0.29, 0.717) is 12.3 Å². The maximum atomic E-state index is 11.6. The van der Waals surface area contributed by atoms with Crippen LogP contribution in [0.25, 0.3) is 0 Å². The first-order chi connectivity index (χ1) is 7.56. The second-order valence-corrected chi connectivity index (χ2v) is 5.97. The second-order valence-electron chi connectivity index (χ2n) is 4.89. The summed E-state index contributed by atoms with van der Waals surface area (Å²) in [4.78, 5) is 11.6. The molecule has 0 aromatic rings. The Balaban J connectivity index is 2.39. The topological polar surface area (TPSA) is 38.3 Å². The Morgan fingerprint density at radius 3 is 2.62 bits per heavy atom. The van der Waals surface area contributed by atoms with Crippen LogP contribution < -0.4 is 5.32 Å². The summed E-state index contributed by atoms with van der Waals surface area (Å²) in [6, 6.07) is 0. The minimum Gasteiger partial charge on any atom is -0.459 e. The lowest BCUT2D eigenvalue weighted by Crippen LogP contribution is -2.42. The zero-order chi connectivity index (χ0) is 12.0. The summed E-state index contributed by atoms with van der Waals surface area (Å²) in [6.45, 7) is 6.18. The van der Waals surface area contributed by atoms with Crippen LogP contribution in [0.2, 0.25) is 0 Å². The van der Waals surface area contributed by atoms with Crippen LogP contribution in [0, 0.1) is 5.92 Å². The predicted octanol–water partition coefficient (Wildman–Crippen LogP) is 2.52. The first-order valence-corrected chi connectivity index (χ1v) is 7.57. The van der Waals surface area contributed by atoms with Crippen molar-refractivity contribution in [2.24, 2.45) is 5.92 Å². The van der Waals surface area contributed by atoms with E-state index in [1.807, 2.05) is 13.8 Å². The van der Waals surface area contributed by atoms with Crippen LogP contribution >= 0.6 is 22.6 Å². The summed E-state index contributed by atoms with van der Waals surface area (Å²) in [5.74, 6) is 0.456. The minimum absolute atomic E-state index is 0.0415. The average Bonchev–Trinajstić information content (AvgIpc) is 2.27. The monoisotopic (exact) mass is 339 g/mol. The van der Waals surface area contributed by atoms with Gasteiger partial charge in [0.1, 0.15) is 5.60 Å². The summed E-state index contributed by atoms with van der Waals surface area (Å²) in [6.07, 6.45) is 3.68. The average molecular weight is 339 g/mol. The van der Waals surface area contributed by atoms with E-state index in [9.17, 15) is 4.79 Å². The summed E-state index contributed by atoms with van der Waals surface area (Å²) >= 11 is 2.29. The van der Waals surface area contributed by atoms with Gasteiger partial charge in [-0.3, -0.25) is 4.79 Å². The number of nitrogens with one attached hydrogen (secondary N) is 1. The Kier molecular flexibility index (Phi) is 6.03. The van der Waals surface area contributed by atoms with Gasteiger partial charge in [-0.1, -0.05) is 22.6 Å². The highest BCUT2D eigenvalue weighted by molar-refractivity contribution is 14.1. The zero-order valence-corrected chi connectivity index (χ0v) is 12.4. The summed E-state index contributed by atoms with van der Waals surface area (Å²) in [5, 5.41) is 3.33. The van der Waals surface area contributed by atoms with Crippen LogP contribution in [0.5, 0.6) is 0 Å². The van der Waals surface area contributed by atoms with Gasteiger partial charge in [-0.05, 0) is 46.2 Å². The molecule has 0 amide bonds. The molecule has 1 fully saturated rings. The van der Waals surface area contributed by atoms with Crippen molar-refractivity contribution in [1.29, 1.82) is 0 Å². The molecule has 0 aromatic carbocycles. The molecule has 0 aliphatic carbocycles. The number of ether oxygens (including phenoxy) is 1. The van der Waals surface area contributed by atoms with Crippen molar-refractivity contribution in [2.45, 2.75) is 45.1 Å². The smallest absolute Gasteiger partial charge is 0.306 e. The summed E-state index contributed by atoms with van der Waals surface area (Å²) in [7, 11) is 0. The molecule has 16 heavy (non-hydrogen) atoms. The number of esters is 1. The van der Waals surface area contributed by atoms with E-state index in [1.54, 1.807) is 0 Å². The number of carbonyl (C=O) groups excluding carboxylic acids is 1. The second kappa shape index (κ2) is 6.79. The molecule has 1 heterocycles. The Morgan fingerprint density at radius 2 is 2.06 bits per heavy atom. The van der Waals surface area contributed by atoms with Crippen molar-refractivity contribution in [3.63, 3.8) is 0 Å². The van der Waals surface area contributed by atoms with Gasteiger partial charge in [0, 0.05) is 16.8 Å². The molecule has 1 N–H and O–H groups in total. The molecular formula is C12H22INO2. The molecule has 1 aliphatic rings. The number of carbonyl (C=O) groups is 1. The van der Waals surface area contributed by atoms with E-state index in [4.69, 9.17) is 4.74 Å². The van der Waals surface area contributed by atoms with Gasteiger partial charge in [0.25, 0.3) is 0 Å². The molecule has 0 saturated carbocycles. The van der Waals surface area contributed by atoms with Crippen LogP contribution in [0.1, 0.15) is 39.5 Å². The number of rotatable bonds is 5. The van der Waals surface area contributed by atoms with Crippen LogP contribution in [-0.2, 0) is 9.53 Å². The quantitative estimate of drug-likeness (QED) is 0.475. The SMILES string of the molecule is CC(C)(OC(=O)CCCI)C1CCNCC1. The third-order valence-corrected chi connectivity index (χ3v) is 3.98. The van der Waals surface area contributed by atoms with Crippen LogP contribution in [-0.4, -0.2) is 29.1 Å². The first-order valence-electron chi connectivity index (χ1n) is 6.05. The highest BCUT2D eigenvalue weighted by atomic mass is 127. The summed E-state index contributed by atoms with van der Waals surface area (Å²) < 4.78 is 6.62. The van der Waals surface area contributed by atoms with Gasteiger partial charge in [-0.2, -0.15) is 0 Å². The third kappa shape index (κ3) is 4.57. The van der Waals surface area contributed by atoms with Gasteiger partial charge >= 0.3 is 5.97 Å². The van der Waals surface area contributed by atoms with Crippen molar-refractivity contribution in [1.82, 2.24) is 5.32 Å². The number of piperidine rings is 1. The lowest BCUT2D eigenvalue weighted by Gasteiger charge is -2.36. The molecule has 0 bridgehead atoms. The minimum atomic E-state index is -0.301. The zero-order valence-electron chi connectivity index (χ0n) is 10.2. The molecule has 0 atom stereocenters. The van der Waals surface area contributed by atoms with Crippen molar-refractivity contribution in [2.75, 3.05) is 17.5 Å². The molecular weight excluding hydrogens is 317 g/mol. The van der Waals surface area contributed by atoms with Gasteiger partial charge < -0.3 is 10.1 Å². The maximum Gasteiger partial charge on any atom is 0.306 e. The largest absolute Gasteiger partial charge is 0.459 e. The number of hydrogen-bond acceptors (Lipinski definition) is 3. The van der Waals surface area contributed by atoms with E-state index in [1.165, 1.54) is 0 Å². The molecule has 4 heteroatoms. The van der Waals surface area contributed by atoms with Gasteiger partial charge in [0.05, 0.1) is 0 Å². The molecule has 1 rings (SSSR count). The molecule has 3 nitrogen and oxygen atoms in total. The maximum absolute atomic E-state index is 11.6. The number of halogens is 1. The fourth-order valence-corrected chi connectivity index (χ4v) is 2.54. The van der Waals surface area contributed by atoms with E-state index < -0.39 is 0 Å². The third-order valence-electron chi connectivity index (χ3n) is 3.21. The standard InChI is InChI=1S/C12H22INO2/c1-12(2,10-5-8-14-9-6-10)16-11(15)4-3-7-13/h10,14H,3-9H2,1-2H3. The fourth-order valence-electron chi connectivity index (χ4n) is 2.16. The predicted molar refractivity (Wildman–Crippen MR) is 73.9 cm³/mol. The van der Waals surface area contributed by atoms with E-state index in [-0.39, 0.29) is 11.6 Å². The van der Waals surface area contributed by atoms with Crippen LogP contribution in [0.15, 0.2) is 0 Å². The van der Waals surface area contributed by atoms with Gasteiger partial charge in [-0.15, -0.1) is 0 Å². The Labute approximate surface area is 112 Å². The van der Waals surface area contributed by atoms with Crippen molar-refractivity contribution in [3.05, 3.63) is 0 Å². The van der Waals surface area contributed by atoms with Gasteiger partial charge in [0.2, 0.25) is 0 Å². The Bertz CT molecular complexity index is 225. The molecule has 94 valence electrons. The van der Waals surface area contributed by atoms with Gasteiger partial charge in [0.15, 0.2) is 0 Å². The fraction of sp³-hybridized carbons (Fsp3) is 0.917. The van der Waals surface area contributed by atoms with Crippen molar-refractivity contribution < 1.29 is 9.53 Å². The Morgan fingerprint density at radius 1 is 1.44 bits per heavy atom. The molecule has 0 unspecified atom stereocenters.